The summed E-state index contributed by atoms with van der Waals surface area (Å²) in [6, 6.07) is 21.6. The number of halogens is 1. The molecule has 0 radical (unpaired) electrons. The summed E-state index contributed by atoms with van der Waals surface area (Å²) >= 11 is 6.12. The van der Waals surface area contributed by atoms with Crippen LogP contribution in [0.25, 0.3) is 10.9 Å². The minimum Gasteiger partial charge on any atom is -0.457 e. The van der Waals surface area contributed by atoms with Crippen LogP contribution >= 0.6 is 11.6 Å². The summed E-state index contributed by atoms with van der Waals surface area (Å²) < 4.78 is 5.79. The average molecular weight is 460 g/mol. The number of H-pyrrole nitrogens is 1. The van der Waals surface area contributed by atoms with Crippen molar-refractivity contribution >= 4 is 40.0 Å². The number of hydrogen-bond donors (Lipinski definition) is 2. The number of benzene rings is 3. The van der Waals surface area contributed by atoms with Gasteiger partial charge in [0, 0.05) is 28.7 Å². The molecule has 4 aromatic rings. The number of para-hydroxylation sites is 1. The first-order chi connectivity index (χ1) is 16.1. The maximum absolute atomic E-state index is 12.9. The highest BCUT2D eigenvalue weighted by atomic mass is 35.5. The van der Waals surface area contributed by atoms with Crippen LogP contribution in [0.5, 0.6) is 11.5 Å². The molecule has 3 aromatic carbocycles. The quantitative estimate of drug-likeness (QED) is 0.378. The molecule has 33 heavy (non-hydrogen) atoms. The first-order valence-corrected chi connectivity index (χ1v) is 11.1. The predicted molar refractivity (Wildman–Crippen MR) is 129 cm³/mol. The Bertz CT molecular complexity index is 1300. The number of nitrogens with one attached hydrogen (secondary N) is 2. The van der Waals surface area contributed by atoms with Gasteiger partial charge in [0.1, 0.15) is 11.5 Å². The fourth-order valence-corrected chi connectivity index (χ4v) is 4.26. The molecule has 1 fully saturated rings. The van der Waals surface area contributed by atoms with Gasteiger partial charge in [0.15, 0.2) is 0 Å². The van der Waals surface area contributed by atoms with Crippen molar-refractivity contribution in [2.24, 2.45) is 0 Å². The second kappa shape index (κ2) is 9.10. The Labute approximate surface area is 196 Å². The van der Waals surface area contributed by atoms with Crippen LogP contribution in [0.3, 0.4) is 0 Å². The van der Waals surface area contributed by atoms with Crippen molar-refractivity contribution in [1.82, 2.24) is 10.3 Å². The number of aromatic amines is 1. The minimum absolute atomic E-state index is 0.140. The van der Waals surface area contributed by atoms with E-state index in [1.54, 1.807) is 24.3 Å². The number of amides is 2. The van der Waals surface area contributed by atoms with Crippen molar-refractivity contribution in [3.8, 4) is 11.5 Å². The van der Waals surface area contributed by atoms with Gasteiger partial charge in [-0.05, 0) is 66.6 Å². The lowest BCUT2D eigenvalue weighted by molar-refractivity contribution is -0.121. The Morgan fingerprint density at radius 1 is 1.00 bits per heavy atom. The zero-order valence-electron chi connectivity index (χ0n) is 17.8. The molecule has 2 amide bonds. The van der Waals surface area contributed by atoms with E-state index in [2.05, 4.69) is 10.3 Å². The van der Waals surface area contributed by atoms with Crippen LogP contribution in [0.15, 0.2) is 79.0 Å². The fraction of sp³-hybridized carbons (Fsp3) is 0.154. The summed E-state index contributed by atoms with van der Waals surface area (Å²) in [5.41, 5.74) is 2.68. The second-order valence-corrected chi connectivity index (χ2v) is 8.38. The Balaban J connectivity index is 1.21. The van der Waals surface area contributed by atoms with E-state index < -0.39 is 6.04 Å². The van der Waals surface area contributed by atoms with E-state index in [4.69, 9.17) is 16.3 Å². The number of carbonyl (C=O) groups is 2. The third-order valence-electron chi connectivity index (χ3n) is 5.73. The number of carbonyl (C=O) groups excluding carboxylic acids is 2. The van der Waals surface area contributed by atoms with Crippen molar-refractivity contribution in [3.63, 3.8) is 0 Å². The molecule has 1 aliphatic rings. The van der Waals surface area contributed by atoms with Gasteiger partial charge >= 0.3 is 0 Å². The number of nitrogens with zero attached hydrogens (tertiary/aromatic N) is 1. The van der Waals surface area contributed by atoms with Gasteiger partial charge < -0.3 is 15.0 Å². The van der Waals surface area contributed by atoms with Crippen LogP contribution < -0.4 is 15.0 Å². The first kappa shape index (κ1) is 21.2. The van der Waals surface area contributed by atoms with Gasteiger partial charge in [0.2, 0.25) is 5.91 Å². The average Bonchev–Trinajstić information content (AvgIpc) is 3.35. The molecule has 0 spiro atoms. The third-order valence-corrected chi connectivity index (χ3v) is 5.97. The maximum atomic E-state index is 12.9. The van der Waals surface area contributed by atoms with Gasteiger partial charge in [-0.1, -0.05) is 29.8 Å². The fourth-order valence-electron chi connectivity index (χ4n) is 4.09. The van der Waals surface area contributed by atoms with Crippen molar-refractivity contribution in [2.75, 3.05) is 11.4 Å². The molecule has 0 saturated carbocycles. The predicted octanol–water partition coefficient (Wildman–Crippen LogP) is 5.08. The van der Waals surface area contributed by atoms with Gasteiger partial charge in [0.05, 0.1) is 18.2 Å². The first-order valence-electron chi connectivity index (χ1n) is 10.8. The van der Waals surface area contributed by atoms with Crippen LogP contribution in [0.1, 0.15) is 12.0 Å². The summed E-state index contributed by atoms with van der Waals surface area (Å²) in [7, 11) is 0. The standard InChI is InChI=1S/C26H22ClN3O3/c27-18-6-11-23-22(14-18)17(16-29-23)12-13-28-24-15-25(31)30(26(24)32)19-7-9-21(10-8-19)33-20-4-2-1-3-5-20/h1-11,14,16,24,28-29H,12-13,15H2/t24-/m1/s1. The normalized spacial score (nSPS) is 16.0. The van der Waals surface area contributed by atoms with Crippen molar-refractivity contribution in [3.05, 3.63) is 89.6 Å². The molecule has 6 nitrogen and oxygen atoms in total. The number of anilines is 1. The minimum atomic E-state index is -0.536. The molecular formula is C26H22ClN3O3. The van der Waals surface area contributed by atoms with Gasteiger partial charge in [-0.2, -0.15) is 0 Å². The molecule has 0 unspecified atom stereocenters. The zero-order chi connectivity index (χ0) is 22.8. The molecule has 1 atom stereocenters. The van der Waals surface area contributed by atoms with Crippen molar-refractivity contribution < 1.29 is 14.3 Å². The number of fused-ring (bicyclic) bond motifs is 1. The largest absolute Gasteiger partial charge is 0.457 e. The molecule has 2 heterocycles. The van der Waals surface area contributed by atoms with E-state index in [-0.39, 0.29) is 18.2 Å². The highest BCUT2D eigenvalue weighted by Crippen LogP contribution is 2.28. The molecule has 166 valence electrons. The van der Waals surface area contributed by atoms with Crippen LogP contribution in [0, 0.1) is 0 Å². The van der Waals surface area contributed by atoms with Crippen molar-refractivity contribution in [2.45, 2.75) is 18.9 Å². The number of imide groups is 1. The lowest BCUT2D eigenvalue weighted by Crippen LogP contribution is -2.39. The number of aromatic nitrogens is 1. The summed E-state index contributed by atoms with van der Waals surface area (Å²) in [6.45, 7) is 0.570. The molecule has 1 aliphatic heterocycles. The highest BCUT2D eigenvalue weighted by molar-refractivity contribution is 6.31. The molecule has 5 rings (SSSR count). The molecular weight excluding hydrogens is 438 g/mol. The van der Waals surface area contributed by atoms with Gasteiger partial charge in [0.25, 0.3) is 5.91 Å². The van der Waals surface area contributed by atoms with Gasteiger partial charge in [-0.25, -0.2) is 4.90 Å². The summed E-state index contributed by atoms with van der Waals surface area (Å²) in [6.07, 6.45) is 2.81. The molecule has 1 aromatic heterocycles. The van der Waals surface area contributed by atoms with Crippen molar-refractivity contribution in [1.29, 1.82) is 0 Å². The summed E-state index contributed by atoms with van der Waals surface area (Å²) in [5, 5.41) is 4.99. The lowest BCUT2D eigenvalue weighted by atomic mass is 10.1. The second-order valence-electron chi connectivity index (χ2n) is 7.94. The maximum Gasteiger partial charge on any atom is 0.251 e. The summed E-state index contributed by atoms with van der Waals surface area (Å²) in [4.78, 5) is 30.0. The molecule has 2 N–H and O–H groups in total. The number of rotatable bonds is 7. The molecule has 0 bridgehead atoms. The topological polar surface area (TPSA) is 74.4 Å². The SMILES string of the molecule is O=C1C[C@@H](NCCc2c[nH]c3ccc(Cl)cc23)C(=O)N1c1ccc(Oc2ccccc2)cc1. The Hall–Kier alpha value is -3.61. The lowest BCUT2D eigenvalue weighted by Gasteiger charge is -2.16. The van der Waals surface area contributed by atoms with Crippen LogP contribution in [-0.4, -0.2) is 29.4 Å². The molecule has 1 saturated heterocycles. The Kier molecular flexibility index (Phi) is 5.86. The smallest absolute Gasteiger partial charge is 0.251 e. The van der Waals surface area contributed by atoms with Gasteiger partial charge in [-0.15, -0.1) is 0 Å². The molecule has 0 aliphatic carbocycles. The number of hydrogen-bond acceptors (Lipinski definition) is 4. The summed E-state index contributed by atoms with van der Waals surface area (Å²) in [5.74, 6) is 0.907. The Morgan fingerprint density at radius 2 is 1.76 bits per heavy atom. The van der Waals surface area contributed by atoms with E-state index in [9.17, 15) is 9.59 Å². The molecule has 7 heteroatoms. The highest BCUT2D eigenvalue weighted by Gasteiger charge is 2.39. The van der Waals surface area contributed by atoms with Gasteiger partial charge in [-0.3, -0.25) is 9.59 Å². The van der Waals surface area contributed by atoms with E-state index in [0.717, 1.165) is 22.2 Å². The zero-order valence-corrected chi connectivity index (χ0v) is 18.5. The van der Waals surface area contributed by atoms with E-state index in [0.29, 0.717) is 29.4 Å². The Morgan fingerprint density at radius 3 is 2.55 bits per heavy atom. The monoisotopic (exact) mass is 459 g/mol. The number of ether oxygens (including phenoxy) is 1. The van der Waals surface area contributed by atoms with Crippen LogP contribution in [0.2, 0.25) is 5.02 Å². The third kappa shape index (κ3) is 4.49. The van der Waals surface area contributed by atoms with E-state index in [1.807, 2.05) is 54.7 Å². The van der Waals surface area contributed by atoms with E-state index >= 15 is 0 Å². The van der Waals surface area contributed by atoms with Crippen LogP contribution in [-0.2, 0) is 16.0 Å². The van der Waals surface area contributed by atoms with E-state index in [1.165, 1.54) is 4.90 Å². The van der Waals surface area contributed by atoms with Crippen LogP contribution in [0.4, 0.5) is 5.69 Å².